The molecule has 1 N–H and O–H groups in total. The monoisotopic (exact) mass is 287 g/mol. The third-order valence-electron chi connectivity index (χ3n) is 2.33. The zero-order valence-electron chi connectivity index (χ0n) is 9.83. The number of halogens is 1. The molecule has 102 valence electrons. The summed E-state index contributed by atoms with van der Waals surface area (Å²) in [5.74, 6) is -0.962. The molecule has 9 heteroatoms. The van der Waals surface area contributed by atoms with Gasteiger partial charge >= 0.3 is 0 Å². The molecule has 0 saturated carbocycles. The number of nitro benzene ring substituents is 2. The molecule has 8 nitrogen and oxygen atoms in total. The number of carbonyl (C=O) groups is 1. The Bertz CT molecular complexity index is 534. The Labute approximate surface area is 112 Å². The Morgan fingerprint density at radius 1 is 1.37 bits per heavy atom. The fraction of sp³-hybridized carbons (Fsp3) is 0.300. The van der Waals surface area contributed by atoms with Crippen molar-refractivity contribution in [2.45, 2.75) is 6.92 Å². The minimum atomic E-state index is -0.798. The van der Waals surface area contributed by atoms with Gasteiger partial charge in [-0.25, -0.2) is 0 Å². The third-order valence-corrected chi connectivity index (χ3v) is 2.79. The second kappa shape index (κ2) is 6.10. The van der Waals surface area contributed by atoms with Crippen molar-refractivity contribution in [3.05, 3.63) is 38.4 Å². The predicted octanol–water partition coefficient (Wildman–Crippen LogP) is 2.32. The van der Waals surface area contributed by atoms with Crippen molar-refractivity contribution < 1.29 is 14.6 Å². The highest BCUT2D eigenvalue weighted by Crippen LogP contribution is 2.29. The maximum atomic E-state index is 11.6. The first-order chi connectivity index (χ1) is 8.86. The van der Waals surface area contributed by atoms with Crippen molar-refractivity contribution in [2.24, 2.45) is 5.92 Å². The number of hydrogen-bond acceptors (Lipinski definition) is 5. The topological polar surface area (TPSA) is 115 Å². The van der Waals surface area contributed by atoms with E-state index in [0.29, 0.717) is 0 Å². The molecule has 1 unspecified atom stereocenters. The standard InChI is InChI=1S/C10H10ClN3O5/c1-6(5-11)10(15)12-8-3-2-7(13(16)17)4-9(8)14(18)19/h2-4,6H,5H2,1H3,(H,12,15). The van der Waals surface area contributed by atoms with Crippen LogP contribution in [-0.2, 0) is 4.79 Å². The Morgan fingerprint density at radius 2 is 2.00 bits per heavy atom. The van der Waals surface area contributed by atoms with E-state index in [1.54, 1.807) is 6.92 Å². The van der Waals surface area contributed by atoms with Crippen molar-refractivity contribution in [3.8, 4) is 0 Å². The van der Waals surface area contributed by atoms with Crippen LogP contribution in [0.25, 0.3) is 0 Å². The van der Waals surface area contributed by atoms with Crippen molar-refractivity contribution >= 4 is 34.6 Å². The quantitative estimate of drug-likeness (QED) is 0.507. The van der Waals surface area contributed by atoms with Gasteiger partial charge in [0, 0.05) is 17.9 Å². The fourth-order valence-electron chi connectivity index (χ4n) is 1.22. The highest BCUT2D eigenvalue weighted by atomic mass is 35.5. The second-order valence-corrected chi connectivity index (χ2v) is 4.07. The van der Waals surface area contributed by atoms with Gasteiger partial charge in [-0.15, -0.1) is 11.6 Å². The molecule has 0 aliphatic carbocycles. The highest BCUT2D eigenvalue weighted by molar-refractivity contribution is 6.19. The molecule has 1 atom stereocenters. The van der Waals surface area contributed by atoms with Gasteiger partial charge in [0.05, 0.1) is 15.9 Å². The molecule has 0 heterocycles. The van der Waals surface area contributed by atoms with Crippen LogP contribution >= 0.6 is 11.6 Å². The Hall–Kier alpha value is -2.22. The lowest BCUT2D eigenvalue weighted by atomic mass is 10.2. The smallest absolute Gasteiger partial charge is 0.299 e. The molecular formula is C10H10ClN3O5. The fourth-order valence-corrected chi connectivity index (χ4v) is 1.36. The third kappa shape index (κ3) is 3.62. The molecule has 0 radical (unpaired) electrons. The number of alkyl halides is 1. The maximum Gasteiger partial charge on any atom is 0.299 e. The van der Waals surface area contributed by atoms with Crippen LogP contribution in [0.15, 0.2) is 18.2 Å². The minimum absolute atomic E-state index is 0.0621. The lowest BCUT2D eigenvalue weighted by Gasteiger charge is -2.09. The van der Waals surface area contributed by atoms with E-state index in [2.05, 4.69) is 5.32 Å². The summed E-state index contributed by atoms with van der Waals surface area (Å²) >= 11 is 5.50. The number of nitrogens with one attached hydrogen (secondary N) is 1. The number of nitro groups is 2. The number of amides is 1. The summed E-state index contributed by atoms with van der Waals surface area (Å²) in [5, 5.41) is 23.7. The highest BCUT2D eigenvalue weighted by Gasteiger charge is 2.22. The second-order valence-electron chi connectivity index (χ2n) is 3.76. The van der Waals surface area contributed by atoms with Gasteiger partial charge in [0.1, 0.15) is 5.69 Å². The van der Waals surface area contributed by atoms with Gasteiger partial charge in [0.25, 0.3) is 11.4 Å². The molecule has 0 fully saturated rings. The van der Waals surface area contributed by atoms with Gasteiger partial charge in [-0.05, 0) is 6.07 Å². The van der Waals surface area contributed by atoms with Gasteiger partial charge < -0.3 is 5.32 Å². The van der Waals surface area contributed by atoms with Gasteiger partial charge in [0.2, 0.25) is 5.91 Å². The largest absolute Gasteiger partial charge is 0.320 e. The number of non-ortho nitro benzene ring substituents is 1. The first-order valence-electron chi connectivity index (χ1n) is 5.16. The van der Waals surface area contributed by atoms with Crippen LogP contribution in [0.5, 0.6) is 0 Å². The van der Waals surface area contributed by atoms with Crippen LogP contribution in [0.3, 0.4) is 0 Å². The number of nitrogens with zero attached hydrogens (tertiary/aromatic N) is 2. The van der Waals surface area contributed by atoms with Crippen LogP contribution in [-0.4, -0.2) is 21.6 Å². The van der Waals surface area contributed by atoms with Crippen LogP contribution in [0.2, 0.25) is 0 Å². The first kappa shape index (κ1) is 14.8. The SMILES string of the molecule is CC(CCl)C(=O)Nc1ccc([N+](=O)[O-])cc1[N+](=O)[O-]. The predicted molar refractivity (Wildman–Crippen MR) is 68.3 cm³/mol. The van der Waals surface area contributed by atoms with E-state index >= 15 is 0 Å². The number of anilines is 1. The summed E-state index contributed by atoms with van der Waals surface area (Å²) in [5.41, 5.74) is -1.06. The van der Waals surface area contributed by atoms with E-state index in [1.807, 2.05) is 0 Å². The number of carbonyl (C=O) groups excluding carboxylic acids is 1. The molecule has 0 aliphatic rings. The van der Waals surface area contributed by atoms with Gasteiger partial charge in [-0.2, -0.15) is 0 Å². The average Bonchev–Trinajstić information content (AvgIpc) is 2.37. The molecule has 0 spiro atoms. The zero-order chi connectivity index (χ0) is 14.6. The summed E-state index contributed by atoms with van der Waals surface area (Å²) in [6.07, 6.45) is 0. The summed E-state index contributed by atoms with van der Waals surface area (Å²) in [7, 11) is 0. The van der Waals surface area contributed by atoms with E-state index in [0.717, 1.165) is 18.2 Å². The Balaban J connectivity index is 3.10. The lowest BCUT2D eigenvalue weighted by Crippen LogP contribution is -2.22. The molecule has 0 bridgehead atoms. The van der Waals surface area contributed by atoms with E-state index in [-0.39, 0.29) is 11.6 Å². The number of benzene rings is 1. The molecule has 1 aromatic carbocycles. The average molecular weight is 288 g/mol. The van der Waals surface area contributed by atoms with Gasteiger partial charge in [0.15, 0.2) is 0 Å². The van der Waals surface area contributed by atoms with Crippen molar-refractivity contribution in [1.29, 1.82) is 0 Å². The van der Waals surface area contributed by atoms with Crippen molar-refractivity contribution in [2.75, 3.05) is 11.2 Å². The number of hydrogen-bond donors (Lipinski definition) is 1. The molecule has 1 aromatic rings. The van der Waals surface area contributed by atoms with Crippen LogP contribution in [0, 0.1) is 26.1 Å². The van der Waals surface area contributed by atoms with E-state index in [1.165, 1.54) is 0 Å². The summed E-state index contributed by atoms with van der Waals surface area (Å²) in [6.45, 7) is 1.56. The lowest BCUT2D eigenvalue weighted by molar-refractivity contribution is -0.393. The van der Waals surface area contributed by atoms with E-state index < -0.39 is 33.0 Å². The van der Waals surface area contributed by atoms with Crippen molar-refractivity contribution in [1.82, 2.24) is 0 Å². The molecule has 0 saturated heterocycles. The molecule has 1 rings (SSSR count). The van der Waals surface area contributed by atoms with Crippen LogP contribution in [0.1, 0.15) is 6.92 Å². The maximum absolute atomic E-state index is 11.6. The molecule has 0 aliphatic heterocycles. The van der Waals surface area contributed by atoms with Gasteiger partial charge in [-0.1, -0.05) is 6.92 Å². The minimum Gasteiger partial charge on any atom is -0.320 e. The first-order valence-corrected chi connectivity index (χ1v) is 5.70. The van der Waals surface area contributed by atoms with Gasteiger partial charge in [-0.3, -0.25) is 25.0 Å². The van der Waals surface area contributed by atoms with E-state index in [4.69, 9.17) is 11.6 Å². The summed E-state index contributed by atoms with van der Waals surface area (Å²) in [6, 6.07) is 2.99. The molecule has 1 amide bonds. The van der Waals surface area contributed by atoms with Crippen LogP contribution in [0.4, 0.5) is 17.1 Å². The number of rotatable bonds is 5. The van der Waals surface area contributed by atoms with E-state index in [9.17, 15) is 25.0 Å². The zero-order valence-corrected chi connectivity index (χ0v) is 10.6. The molecular weight excluding hydrogens is 278 g/mol. The van der Waals surface area contributed by atoms with Crippen LogP contribution < -0.4 is 5.32 Å². The molecule has 19 heavy (non-hydrogen) atoms. The Kier molecular flexibility index (Phi) is 4.76. The Morgan fingerprint density at radius 3 is 2.47 bits per heavy atom. The normalized spacial score (nSPS) is 11.7. The van der Waals surface area contributed by atoms with Crippen molar-refractivity contribution in [3.63, 3.8) is 0 Å². The summed E-state index contributed by atoms with van der Waals surface area (Å²) in [4.78, 5) is 31.4. The summed E-state index contributed by atoms with van der Waals surface area (Å²) < 4.78 is 0. The molecule has 0 aromatic heterocycles.